The first-order valence-electron chi connectivity index (χ1n) is 5.59. The van der Waals surface area contributed by atoms with E-state index in [4.69, 9.17) is 5.11 Å². The molecule has 0 fully saturated rings. The molecule has 5 heteroatoms. The van der Waals surface area contributed by atoms with Crippen LogP contribution in [0, 0.1) is 5.92 Å². The Kier molecular flexibility index (Phi) is 2.96. The number of carboxylic acids is 1. The molecular weight excluding hydrogens is 206 g/mol. The molecule has 1 aliphatic heterocycles. The molecule has 0 amide bonds. The Labute approximate surface area is 94.3 Å². The molecule has 2 heterocycles. The number of carboxylic acid groups (broad SMARTS) is 1. The molecule has 1 aliphatic rings. The van der Waals surface area contributed by atoms with E-state index in [1.165, 1.54) is 0 Å². The fourth-order valence-electron chi connectivity index (χ4n) is 2.19. The fourth-order valence-corrected chi connectivity index (χ4v) is 2.19. The van der Waals surface area contributed by atoms with Crippen molar-refractivity contribution in [2.45, 2.75) is 38.8 Å². The molecule has 0 saturated carbocycles. The van der Waals surface area contributed by atoms with Crippen LogP contribution in [0.1, 0.15) is 37.7 Å². The Hall–Kier alpha value is -1.36. The van der Waals surface area contributed by atoms with Gasteiger partial charge in [-0.05, 0) is 12.3 Å². The third-order valence-corrected chi connectivity index (χ3v) is 2.90. The highest BCUT2D eigenvalue weighted by molar-refractivity contribution is 5.74. The van der Waals surface area contributed by atoms with E-state index in [0.29, 0.717) is 12.3 Å². The summed E-state index contributed by atoms with van der Waals surface area (Å²) < 4.78 is 0. The van der Waals surface area contributed by atoms with Crippen LogP contribution in [0.2, 0.25) is 0 Å². The van der Waals surface area contributed by atoms with Gasteiger partial charge < -0.3 is 10.1 Å². The molecule has 88 valence electrons. The van der Waals surface area contributed by atoms with Crippen LogP contribution in [0.4, 0.5) is 0 Å². The number of hydrogen-bond donors (Lipinski definition) is 3. The molecule has 2 rings (SSSR count). The molecule has 0 saturated heterocycles. The zero-order chi connectivity index (χ0) is 11.7. The molecule has 0 aliphatic carbocycles. The van der Waals surface area contributed by atoms with E-state index < -0.39 is 12.0 Å². The van der Waals surface area contributed by atoms with Gasteiger partial charge in [0.05, 0.1) is 18.1 Å². The van der Waals surface area contributed by atoms with Gasteiger partial charge >= 0.3 is 5.97 Å². The number of imidazole rings is 1. The monoisotopic (exact) mass is 223 g/mol. The number of nitrogens with one attached hydrogen (secondary N) is 2. The maximum Gasteiger partial charge on any atom is 0.321 e. The Morgan fingerprint density at radius 2 is 2.44 bits per heavy atom. The van der Waals surface area contributed by atoms with Crippen molar-refractivity contribution in [1.82, 2.24) is 15.3 Å². The minimum absolute atomic E-state index is 0.0519. The number of aromatic amines is 1. The third-order valence-electron chi connectivity index (χ3n) is 2.90. The van der Waals surface area contributed by atoms with Gasteiger partial charge in [-0.15, -0.1) is 0 Å². The highest BCUT2D eigenvalue weighted by Gasteiger charge is 2.32. The predicted molar refractivity (Wildman–Crippen MR) is 59.0 cm³/mol. The summed E-state index contributed by atoms with van der Waals surface area (Å²) in [6.45, 7) is 4.25. The van der Waals surface area contributed by atoms with Gasteiger partial charge in [0.15, 0.2) is 0 Å². The number of carbonyl (C=O) groups is 1. The van der Waals surface area contributed by atoms with Gasteiger partial charge in [-0.1, -0.05) is 13.8 Å². The Morgan fingerprint density at radius 1 is 1.69 bits per heavy atom. The molecule has 0 spiro atoms. The van der Waals surface area contributed by atoms with Crippen LogP contribution >= 0.6 is 0 Å². The molecule has 2 atom stereocenters. The lowest BCUT2D eigenvalue weighted by Gasteiger charge is -2.28. The smallest absolute Gasteiger partial charge is 0.321 e. The normalized spacial score (nSPS) is 24.4. The molecule has 5 nitrogen and oxygen atoms in total. The van der Waals surface area contributed by atoms with Crippen LogP contribution in [0.3, 0.4) is 0 Å². The minimum Gasteiger partial charge on any atom is -0.480 e. The largest absolute Gasteiger partial charge is 0.480 e. The molecule has 0 bridgehead atoms. The number of aromatic nitrogens is 2. The van der Waals surface area contributed by atoms with Crippen molar-refractivity contribution in [3.05, 3.63) is 17.7 Å². The van der Waals surface area contributed by atoms with Gasteiger partial charge in [0.25, 0.3) is 0 Å². The van der Waals surface area contributed by atoms with E-state index in [-0.39, 0.29) is 6.04 Å². The summed E-state index contributed by atoms with van der Waals surface area (Å²) in [5, 5.41) is 12.2. The van der Waals surface area contributed by atoms with E-state index in [2.05, 4.69) is 29.1 Å². The third kappa shape index (κ3) is 2.09. The molecule has 16 heavy (non-hydrogen) atoms. The topological polar surface area (TPSA) is 78.0 Å². The maximum atomic E-state index is 11.0. The van der Waals surface area contributed by atoms with Crippen molar-refractivity contribution < 1.29 is 9.90 Å². The summed E-state index contributed by atoms with van der Waals surface area (Å²) in [5.74, 6) is -0.288. The molecule has 2 unspecified atom stereocenters. The van der Waals surface area contributed by atoms with Gasteiger partial charge in [0.2, 0.25) is 0 Å². The molecular formula is C11H17N3O2. The second-order valence-corrected chi connectivity index (χ2v) is 4.71. The van der Waals surface area contributed by atoms with E-state index in [1.54, 1.807) is 6.33 Å². The van der Waals surface area contributed by atoms with Crippen LogP contribution in [0.25, 0.3) is 0 Å². The van der Waals surface area contributed by atoms with Crippen molar-refractivity contribution in [3.8, 4) is 0 Å². The Morgan fingerprint density at radius 3 is 3.06 bits per heavy atom. The number of rotatable bonds is 3. The molecule has 1 aromatic rings. The van der Waals surface area contributed by atoms with Crippen LogP contribution < -0.4 is 5.32 Å². The summed E-state index contributed by atoms with van der Waals surface area (Å²) >= 11 is 0. The van der Waals surface area contributed by atoms with Crippen LogP contribution in [-0.4, -0.2) is 27.1 Å². The second-order valence-electron chi connectivity index (χ2n) is 4.71. The number of aliphatic carboxylic acids is 1. The average molecular weight is 223 g/mol. The lowest BCUT2D eigenvalue weighted by atomic mass is 9.93. The quantitative estimate of drug-likeness (QED) is 0.717. The van der Waals surface area contributed by atoms with Gasteiger partial charge in [-0.25, -0.2) is 4.98 Å². The first-order chi connectivity index (χ1) is 7.58. The summed E-state index contributed by atoms with van der Waals surface area (Å²) in [7, 11) is 0. The number of hydrogen-bond acceptors (Lipinski definition) is 3. The fraction of sp³-hybridized carbons (Fsp3) is 0.636. The zero-order valence-electron chi connectivity index (χ0n) is 9.53. The lowest BCUT2D eigenvalue weighted by Crippen LogP contribution is -2.45. The van der Waals surface area contributed by atoms with Gasteiger partial charge in [0, 0.05) is 12.1 Å². The van der Waals surface area contributed by atoms with Crippen molar-refractivity contribution >= 4 is 5.97 Å². The van der Waals surface area contributed by atoms with E-state index in [0.717, 1.165) is 17.8 Å². The second kappa shape index (κ2) is 4.25. The predicted octanol–water partition coefficient (Wildman–Crippen LogP) is 1.10. The zero-order valence-corrected chi connectivity index (χ0v) is 9.53. The lowest BCUT2D eigenvalue weighted by molar-refractivity contribution is -0.140. The first-order valence-corrected chi connectivity index (χ1v) is 5.59. The van der Waals surface area contributed by atoms with Crippen molar-refractivity contribution in [2.75, 3.05) is 0 Å². The molecule has 0 aromatic carbocycles. The van der Waals surface area contributed by atoms with Crippen LogP contribution in [-0.2, 0) is 11.2 Å². The summed E-state index contributed by atoms with van der Waals surface area (Å²) in [6.07, 6.45) is 3.03. The molecule has 3 N–H and O–H groups in total. The summed E-state index contributed by atoms with van der Waals surface area (Å²) in [5.41, 5.74) is 1.93. The van der Waals surface area contributed by atoms with Gasteiger partial charge in [0.1, 0.15) is 6.04 Å². The van der Waals surface area contributed by atoms with E-state index >= 15 is 0 Å². The molecule has 1 aromatic heterocycles. The number of fused-ring (bicyclic) bond motifs is 1. The van der Waals surface area contributed by atoms with Crippen molar-refractivity contribution in [3.63, 3.8) is 0 Å². The Bertz CT molecular complexity index is 386. The van der Waals surface area contributed by atoms with Crippen molar-refractivity contribution in [1.29, 1.82) is 0 Å². The summed E-state index contributed by atoms with van der Waals surface area (Å²) in [6, 6.07) is -0.451. The number of H-pyrrole nitrogens is 1. The average Bonchev–Trinajstić information content (AvgIpc) is 2.64. The van der Waals surface area contributed by atoms with Crippen LogP contribution in [0.15, 0.2) is 6.33 Å². The standard InChI is InChI=1S/C11H17N3O2/c1-6(2)3-8-10-7(12-5-13-10)4-9(14-8)11(15)16/h5-6,8-9,14H,3-4H2,1-2H3,(H,12,13)(H,15,16). The van der Waals surface area contributed by atoms with E-state index in [9.17, 15) is 4.79 Å². The SMILES string of the molecule is CC(C)CC1NC(C(=O)O)Cc2[nH]cnc21. The highest BCUT2D eigenvalue weighted by atomic mass is 16.4. The van der Waals surface area contributed by atoms with Crippen molar-refractivity contribution in [2.24, 2.45) is 5.92 Å². The molecule has 0 radical (unpaired) electrons. The Balaban J connectivity index is 2.22. The van der Waals surface area contributed by atoms with Crippen LogP contribution in [0.5, 0.6) is 0 Å². The first kappa shape index (κ1) is 11.1. The number of nitrogens with zero attached hydrogens (tertiary/aromatic N) is 1. The van der Waals surface area contributed by atoms with Gasteiger partial charge in [-0.3, -0.25) is 10.1 Å². The van der Waals surface area contributed by atoms with Gasteiger partial charge in [-0.2, -0.15) is 0 Å². The maximum absolute atomic E-state index is 11.0. The summed E-state index contributed by atoms with van der Waals surface area (Å²) in [4.78, 5) is 18.3. The minimum atomic E-state index is -0.797. The highest BCUT2D eigenvalue weighted by Crippen LogP contribution is 2.27. The van der Waals surface area contributed by atoms with E-state index in [1.807, 2.05) is 0 Å².